The number of carbonyl (C=O) groups excluding carboxylic acids is 1. The fourth-order valence-corrected chi connectivity index (χ4v) is 5.37. The number of ketones is 1. The van der Waals surface area contributed by atoms with E-state index in [1.807, 2.05) is 26.8 Å². The third kappa shape index (κ3) is 7.36. The first-order chi connectivity index (χ1) is 18.7. The van der Waals surface area contributed by atoms with Gasteiger partial charge in [-0.05, 0) is 48.1 Å². The molecular formula is C28H39O10Si. The highest BCUT2D eigenvalue weighted by atomic mass is 28.2. The van der Waals surface area contributed by atoms with Gasteiger partial charge in [0, 0.05) is 21.3 Å². The first-order valence-corrected chi connectivity index (χ1v) is 13.2. The van der Waals surface area contributed by atoms with Gasteiger partial charge >= 0.3 is 0 Å². The molecular weight excluding hydrogens is 524 g/mol. The Morgan fingerprint density at radius 1 is 1.08 bits per heavy atom. The number of carbonyl (C=O) groups is 1. The molecule has 0 aromatic heterocycles. The highest BCUT2D eigenvalue weighted by Gasteiger charge is 2.56. The van der Waals surface area contributed by atoms with Crippen molar-refractivity contribution in [3.05, 3.63) is 53.3 Å². The molecule has 1 aliphatic heterocycles. The highest BCUT2D eigenvalue weighted by Crippen LogP contribution is 2.47. The van der Waals surface area contributed by atoms with Crippen molar-refractivity contribution in [2.45, 2.75) is 51.4 Å². The minimum atomic E-state index is -1.40. The average molecular weight is 564 g/mol. The molecule has 0 spiro atoms. The van der Waals surface area contributed by atoms with Crippen molar-refractivity contribution < 1.29 is 47.4 Å². The molecule has 1 aromatic carbocycles. The molecule has 1 aromatic rings. The van der Waals surface area contributed by atoms with Crippen molar-refractivity contribution in [3.8, 4) is 5.75 Å². The van der Waals surface area contributed by atoms with Gasteiger partial charge in [0.25, 0.3) is 0 Å². The van der Waals surface area contributed by atoms with Crippen LogP contribution in [-0.4, -0.2) is 82.4 Å². The maximum absolute atomic E-state index is 14.6. The number of ether oxygens (including phenoxy) is 6. The molecule has 0 amide bonds. The second kappa shape index (κ2) is 14.5. The Labute approximate surface area is 233 Å². The van der Waals surface area contributed by atoms with Crippen molar-refractivity contribution in [2.24, 2.45) is 11.3 Å². The first-order valence-electron chi connectivity index (χ1n) is 12.8. The molecule has 1 aliphatic carbocycles. The Balaban J connectivity index is 2.27. The van der Waals surface area contributed by atoms with Crippen molar-refractivity contribution >= 4 is 16.3 Å². The summed E-state index contributed by atoms with van der Waals surface area (Å²) in [5, 5.41) is 0. The lowest BCUT2D eigenvalue weighted by atomic mass is 9.69. The van der Waals surface area contributed by atoms with Crippen molar-refractivity contribution in [2.75, 3.05) is 48.3 Å². The standard InChI is InChI=1S/C28H39O10Si/c1-27(2,3)26(38-39)19-14-22(34-17-31-5)24(25(29)20-10-7-8-11-21(20)33-16-30-4)28(15-19,35-18-32-6)23-12-9-13-36-37-23/h7-8,10-11,14-15,23-24,26H,9,12-13,16-18H2,1-6H3. The molecule has 11 heteroatoms. The maximum atomic E-state index is 14.6. The number of hydrogen-bond acceptors (Lipinski definition) is 10. The lowest BCUT2D eigenvalue weighted by Gasteiger charge is -2.47. The minimum absolute atomic E-state index is 0.0254. The summed E-state index contributed by atoms with van der Waals surface area (Å²) in [4.78, 5) is 25.8. The lowest BCUT2D eigenvalue weighted by molar-refractivity contribution is -0.376. The number of benzene rings is 1. The topological polar surface area (TPSA) is 100 Å². The minimum Gasteiger partial charge on any atom is -0.471 e. The van der Waals surface area contributed by atoms with E-state index in [4.69, 9.17) is 42.6 Å². The third-order valence-corrected chi connectivity index (χ3v) is 6.78. The summed E-state index contributed by atoms with van der Waals surface area (Å²) in [5.41, 5.74) is -0.690. The molecule has 0 bridgehead atoms. The second-order valence-electron chi connectivity index (χ2n) is 10.4. The summed E-state index contributed by atoms with van der Waals surface area (Å²) < 4.78 is 39.7. The van der Waals surface area contributed by atoms with Gasteiger partial charge in [0.1, 0.15) is 35.9 Å². The molecule has 3 radical (unpaired) electrons. The Hall–Kier alpha value is -2.09. The van der Waals surface area contributed by atoms with Crippen LogP contribution in [0.5, 0.6) is 5.75 Å². The van der Waals surface area contributed by atoms with Crippen LogP contribution in [0.15, 0.2) is 47.7 Å². The second-order valence-corrected chi connectivity index (χ2v) is 10.6. The van der Waals surface area contributed by atoms with E-state index in [1.54, 1.807) is 30.3 Å². The van der Waals surface area contributed by atoms with Crippen LogP contribution >= 0.6 is 0 Å². The van der Waals surface area contributed by atoms with E-state index in [1.165, 1.54) is 21.3 Å². The SMILES string of the molecule is COCOC1=CC(C(O[Si])C(C)(C)C)=CC(OCOC)(C2CCCOO2)C1C(=O)c1ccccc1OCOC. The zero-order valence-corrected chi connectivity index (χ0v) is 24.5. The summed E-state index contributed by atoms with van der Waals surface area (Å²) in [5.74, 6) is -0.635. The third-order valence-electron chi connectivity index (χ3n) is 6.54. The Bertz CT molecular complexity index is 998. The van der Waals surface area contributed by atoms with Crippen LogP contribution in [0.1, 0.15) is 44.0 Å². The lowest BCUT2D eigenvalue weighted by Crippen LogP contribution is -2.57. The smallest absolute Gasteiger partial charge is 0.247 e. The van der Waals surface area contributed by atoms with Gasteiger partial charge in [0.15, 0.2) is 19.4 Å². The molecule has 1 saturated heterocycles. The molecule has 3 rings (SSSR count). The van der Waals surface area contributed by atoms with Crippen molar-refractivity contribution in [3.63, 3.8) is 0 Å². The van der Waals surface area contributed by atoms with Crippen molar-refractivity contribution in [1.29, 1.82) is 0 Å². The zero-order valence-electron chi connectivity index (χ0n) is 23.5. The van der Waals surface area contributed by atoms with E-state index in [-0.39, 0.29) is 31.6 Å². The van der Waals surface area contributed by atoms with Crippen LogP contribution in [0.4, 0.5) is 0 Å². The molecule has 1 heterocycles. The van der Waals surface area contributed by atoms with Crippen LogP contribution in [0.2, 0.25) is 0 Å². The van der Waals surface area contributed by atoms with Gasteiger partial charge in [-0.3, -0.25) is 4.79 Å². The zero-order chi connectivity index (χ0) is 28.5. The summed E-state index contributed by atoms with van der Waals surface area (Å²) in [7, 11) is 7.80. The molecule has 4 unspecified atom stereocenters. The number of methoxy groups -OCH3 is 3. The van der Waals surface area contributed by atoms with Crippen molar-refractivity contribution in [1.82, 2.24) is 0 Å². The van der Waals surface area contributed by atoms with E-state index < -0.39 is 23.7 Å². The van der Waals surface area contributed by atoms with Crippen LogP contribution in [0, 0.1) is 11.3 Å². The van der Waals surface area contributed by atoms with Crippen LogP contribution in [-0.2, 0) is 37.9 Å². The highest BCUT2D eigenvalue weighted by molar-refractivity contribution is 6.03. The average Bonchev–Trinajstić information content (AvgIpc) is 2.93. The van der Waals surface area contributed by atoms with Crippen LogP contribution in [0.3, 0.4) is 0 Å². The predicted molar refractivity (Wildman–Crippen MR) is 142 cm³/mol. The van der Waals surface area contributed by atoms with Gasteiger partial charge < -0.3 is 32.8 Å². The summed E-state index contributed by atoms with van der Waals surface area (Å²) >= 11 is 0. The molecule has 0 saturated carbocycles. The Kier molecular flexibility index (Phi) is 11.7. The maximum Gasteiger partial charge on any atom is 0.247 e. The molecule has 4 atom stereocenters. The summed E-state index contributed by atoms with van der Waals surface area (Å²) in [6, 6.07) is 6.95. The van der Waals surface area contributed by atoms with Gasteiger partial charge in [-0.15, -0.1) is 0 Å². The van der Waals surface area contributed by atoms with E-state index in [9.17, 15) is 4.79 Å². The van der Waals surface area contributed by atoms with Gasteiger partial charge in [0.2, 0.25) is 10.5 Å². The van der Waals surface area contributed by atoms with E-state index in [2.05, 4.69) is 10.5 Å². The largest absolute Gasteiger partial charge is 0.471 e. The monoisotopic (exact) mass is 563 g/mol. The molecule has 39 heavy (non-hydrogen) atoms. The predicted octanol–water partition coefficient (Wildman–Crippen LogP) is 3.90. The van der Waals surface area contributed by atoms with Crippen LogP contribution < -0.4 is 4.74 Å². The van der Waals surface area contributed by atoms with Gasteiger partial charge in [-0.2, -0.15) is 0 Å². The fraction of sp³-hybridized carbons (Fsp3) is 0.607. The molecule has 2 aliphatic rings. The number of rotatable bonds is 14. The number of para-hydroxylation sites is 1. The molecule has 1 fully saturated rings. The summed E-state index contributed by atoms with van der Waals surface area (Å²) in [6.45, 7) is 6.31. The number of hydrogen-bond donors (Lipinski definition) is 0. The quantitative estimate of drug-likeness (QED) is 0.143. The van der Waals surface area contributed by atoms with Crippen LogP contribution in [0.25, 0.3) is 0 Å². The normalized spacial score (nSPS) is 24.5. The van der Waals surface area contributed by atoms with E-state index in [0.29, 0.717) is 36.5 Å². The molecule has 10 nitrogen and oxygen atoms in total. The summed E-state index contributed by atoms with van der Waals surface area (Å²) in [6.07, 6.45) is 3.82. The fourth-order valence-electron chi connectivity index (χ4n) is 4.88. The Morgan fingerprint density at radius 2 is 1.77 bits per heavy atom. The van der Waals surface area contributed by atoms with Gasteiger partial charge in [-0.25, -0.2) is 9.78 Å². The first kappa shape index (κ1) is 31.4. The van der Waals surface area contributed by atoms with Gasteiger partial charge in [-0.1, -0.05) is 32.9 Å². The number of Topliss-reactive ketones (excluding diaryl/α,β-unsaturated/α-hetero) is 1. The van der Waals surface area contributed by atoms with E-state index >= 15 is 0 Å². The van der Waals surface area contributed by atoms with E-state index in [0.717, 1.165) is 5.57 Å². The molecule has 215 valence electrons. The van der Waals surface area contributed by atoms with Gasteiger partial charge in [0.05, 0.1) is 18.3 Å². The Morgan fingerprint density at radius 3 is 2.38 bits per heavy atom. The molecule has 0 N–H and O–H groups in total.